The van der Waals surface area contributed by atoms with Gasteiger partial charge in [-0.3, -0.25) is 0 Å². The van der Waals surface area contributed by atoms with Crippen LogP contribution in [0.5, 0.6) is 0 Å². The molecule has 0 saturated carbocycles. The Morgan fingerprint density at radius 1 is 1.27 bits per heavy atom. The van der Waals surface area contributed by atoms with E-state index in [2.05, 4.69) is 13.8 Å². The van der Waals surface area contributed by atoms with E-state index in [0.29, 0.717) is 25.0 Å². The Kier molecular flexibility index (Phi) is 3.61. The third-order valence-corrected chi connectivity index (χ3v) is 3.33. The second kappa shape index (κ2) is 4.78. The van der Waals surface area contributed by atoms with Crippen molar-refractivity contribution in [3.8, 4) is 0 Å². The minimum absolute atomic E-state index is 0.00546. The van der Waals surface area contributed by atoms with Gasteiger partial charge in [-0.15, -0.1) is 0 Å². The van der Waals surface area contributed by atoms with E-state index in [0.717, 1.165) is 6.61 Å². The molecule has 4 heteroatoms. The fourth-order valence-corrected chi connectivity index (χ4v) is 2.41. The Labute approximate surface area is 90.5 Å². The molecule has 2 aliphatic heterocycles. The molecule has 0 unspecified atom stereocenters. The maximum Gasteiger partial charge on any atom is 0.112 e. The normalized spacial score (nSPS) is 40.0. The number of aliphatic hydroxyl groups excluding tert-OH is 1. The van der Waals surface area contributed by atoms with E-state index < -0.39 is 0 Å². The molecule has 2 aliphatic rings. The van der Waals surface area contributed by atoms with E-state index >= 15 is 0 Å². The maximum absolute atomic E-state index is 8.70. The molecule has 0 amide bonds. The van der Waals surface area contributed by atoms with Gasteiger partial charge in [0.2, 0.25) is 0 Å². The molecule has 4 nitrogen and oxygen atoms in total. The van der Waals surface area contributed by atoms with Crippen molar-refractivity contribution in [2.24, 2.45) is 11.8 Å². The molecule has 0 aromatic carbocycles. The molecule has 0 aliphatic carbocycles. The Hall–Kier alpha value is -0.160. The summed E-state index contributed by atoms with van der Waals surface area (Å²) in [5, 5.41) is 8.70. The Morgan fingerprint density at radius 3 is 2.67 bits per heavy atom. The van der Waals surface area contributed by atoms with Crippen LogP contribution in [0.2, 0.25) is 0 Å². The first-order chi connectivity index (χ1) is 7.24. The van der Waals surface area contributed by atoms with Crippen molar-refractivity contribution in [2.75, 3.05) is 26.4 Å². The number of hydrogen-bond donors (Lipinski definition) is 1. The Morgan fingerprint density at radius 2 is 2.00 bits per heavy atom. The number of hydrogen-bond acceptors (Lipinski definition) is 4. The number of fused-ring (bicyclic) bond motifs is 1. The van der Waals surface area contributed by atoms with E-state index in [4.69, 9.17) is 19.3 Å². The largest absolute Gasteiger partial charge is 0.394 e. The quantitative estimate of drug-likeness (QED) is 0.740. The highest BCUT2D eigenvalue weighted by molar-refractivity contribution is 4.95. The van der Waals surface area contributed by atoms with E-state index in [9.17, 15) is 0 Å². The molecule has 88 valence electrons. The fourth-order valence-electron chi connectivity index (χ4n) is 2.41. The third-order valence-electron chi connectivity index (χ3n) is 3.33. The van der Waals surface area contributed by atoms with Gasteiger partial charge in [0.15, 0.2) is 0 Å². The number of aliphatic hydroxyl groups is 1. The van der Waals surface area contributed by atoms with Gasteiger partial charge in [-0.2, -0.15) is 0 Å². The second-order valence-electron chi connectivity index (χ2n) is 4.64. The smallest absolute Gasteiger partial charge is 0.112 e. The van der Waals surface area contributed by atoms with Crippen LogP contribution in [0.4, 0.5) is 0 Å². The van der Waals surface area contributed by atoms with Crippen molar-refractivity contribution < 1.29 is 19.3 Å². The molecule has 0 radical (unpaired) electrons. The summed E-state index contributed by atoms with van der Waals surface area (Å²) >= 11 is 0. The molecule has 0 aromatic rings. The fraction of sp³-hybridized carbons (Fsp3) is 1.00. The lowest BCUT2D eigenvalue weighted by atomic mass is 9.90. The van der Waals surface area contributed by atoms with Crippen molar-refractivity contribution in [3.63, 3.8) is 0 Å². The van der Waals surface area contributed by atoms with Crippen LogP contribution in [0.3, 0.4) is 0 Å². The molecule has 0 bridgehead atoms. The molecule has 4 atom stereocenters. The number of ether oxygens (including phenoxy) is 3. The van der Waals surface area contributed by atoms with E-state index in [1.54, 1.807) is 0 Å². The van der Waals surface area contributed by atoms with Gasteiger partial charge in [0.1, 0.15) is 12.2 Å². The second-order valence-corrected chi connectivity index (χ2v) is 4.64. The first kappa shape index (κ1) is 11.3. The molecule has 1 N–H and O–H groups in total. The standard InChI is InChI=1S/C11H20O4/c1-7(2)8-5-14-11-9(13-4-3-12)6-15-10(8)11/h7-12H,3-6H2,1-2H3/t8-,9+,10+,11+/m0/s1. The lowest BCUT2D eigenvalue weighted by molar-refractivity contribution is -0.0426. The lowest BCUT2D eigenvalue weighted by Gasteiger charge is -2.19. The van der Waals surface area contributed by atoms with Gasteiger partial charge in [0.25, 0.3) is 0 Å². The van der Waals surface area contributed by atoms with Gasteiger partial charge in [0, 0.05) is 5.92 Å². The first-order valence-corrected chi connectivity index (χ1v) is 5.69. The summed E-state index contributed by atoms with van der Waals surface area (Å²) in [6.45, 7) is 6.18. The molecule has 2 rings (SSSR count). The molecule has 2 fully saturated rings. The zero-order valence-corrected chi connectivity index (χ0v) is 9.39. The van der Waals surface area contributed by atoms with Crippen LogP contribution in [-0.4, -0.2) is 49.8 Å². The van der Waals surface area contributed by atoms with Gasteiger partial charge < -0.3 is 19.3 Å². The van der Waals surface area contributed by atoms with Crippen molar-refractivity contribution in [1.82, 2.24) is 0 Å². The van der Waals surface area contributed by atoms with Crippen LogP contribution < -0.4 is 0 Å². The summed E-state index contributed by atoms with van der Waals surface area (Å²) in [5.41, 5.74) is 0. The topological polar surface area (TPSA) is 47.9 Å². The van der Waals surface area contributed by atoms with Crippen molar-refractivity contribution >= 4 is 0 Å². The average molecular weight is 216 g/mol. The first-order valence-electron chi connectivity index (χ1n) is 5.69. The summed E-state index contributed by atoms with van der Waals surface area (Å²) in [7, 11) is 0. The maximum atomic E-state index is 8.70. The summed E-state index contributed by atoms with van der Waals surface area (Å²) < 4.78 is 17.0. The summed E-state index contributed by atoms with van der Waals surface area (Å²) in [4.78, 5) is 0. The van der Waals surface area contributed by atoms with Gasteiger partial charge in [0.05, 0.1) is 32.5 Å². The van der Waals surface area contributed by atoms with Crippen LogP contribution in [-0.2, 0) is 14.2 Å². The zero-order valence-electron chi connectivity index (χ0n) is 9.39. The molecular weight excluding hydrogens is 196 g/mol. The Bertz CT molecular complexity index is 207. The van der Waals surface area contributed by atoms with Crippen LogP contribution in [0.25, 0.3) is 0 Å². The van der Waals surface area contributed by atoms with Crippen LogP contribution in [0, 0.1) is 11.8 Å². The summed E-state index contributed by atoms with van der Waals surface area (Å²) in [6, 6.07) is 0. The highest BCUT2D eigenvalue weighted by atomic mass is 16.6. The highest BCUT2D eigenvalue weighted by Crippen LogP contribution is 2.36. The SMILES string of the molecule is CC(C)[C@@H]1CO[C@H]2[C@@H]1OC[C@H]2OCCO. The minimum atomic E-state index is 0.00546. The van der Waals surface area contributed by atoms with Crippen molar-refractivity contribution in [1.29, 1.82) is 0 Å². The van der Waals surface area contributed by atoms with E-state index in [1.807, 2.05) is 0 Å². The zero-order chi connectivity index (χ0) is 10.8. The van der Waals surface area contributed by atoms with E-state index in [1.165, 1.54) is 0 Å². The predicted octanol–water partition coefficient (Wildman–Crippen LogP) is 0.434. The predicted molar refractivity (Wildman–Crippen MR) is 54.6 cm³/mol. The summed E-state index contributed by atoms with van der Waals surface area (Å²) in [5.74, 6) is 1.06. The lowest BCUT2D eigenvalue weighted by Crippen LogP contribution is -2.33. The van der Waals surface area contributed by atoms with Gasteiger partial charge in [-0.05, 0) is 5.92 Å². The molecular formula is C11H20O4. The van der Waals surface area contributed by atoms with Crippen LogP contribution >= 0.6 is 0 Å². The average Bonchev–Trinajstić information content (AvgIpc) is 2.74. The minimum Gasteiger partial charge on any atom is -0.394 e. The molecule has 0 aromatic heterocycles. The molecule has 2 heterocycles. The number of rotatable bonds is 4. The monoisotopic (exact) mass is 216 g/mol. The van der Waals surface area contributed by atoms with Gasteiger partial charge in [-0.1, -0.05) is 13.8 Å². The van der Waals surface area contributed by atoms with Crippen molar-refractivity contribution in [3.05, 3.63) is 0 Å². The molecule has 0 spiro atoms. The van der Waals surface area contributed by atoms with Crippen LogP contribution in [0.1, 0.15) is 13.8 Å². The molecule has 2 saturated heterocycles. The van der Waals surface area contributed by atoms with Crippen LogP contribution in [0.15, 0.2) is 0 Å². The van der Waals surface area contributed by atoms with E-state index in [-0.39, 0.29) is 24.9 Å². The highest BCUT2D eigenvalue weighted by Gasteiger charge is 2.48. The van der Waals surface area contributed by atoms with Gasteiger partial charge >= 0.3 is 0 Å². The van der Waals surface area contributed by atoms with Crippen molar-refractivity contribution in [2.45, 2.75) is 32.2 Å². The Balaban J connectivity index is 1.90. The summed E-state index contributed by atoms with van der Waals surface area (Å²) in [6.07, 6.45) is 0.267. The van der Waals surface area contributed by atoms with Gasteiger partial charge in [-0.25, -0.2) is 0 Å². The third kappa shape index (κ3) is 2.18. The molecule has 15 heavy (non-hydrogen) atoms.